The van der Waals surface area contributed by atoms with Crippen LogP contribution in [0.3, 0.4) is 0 Å². The minimum Gasteiger partial charge on any atom is -0.369 e. The molecule has 2 unspecified atom stereocenters. The topological polar surface area (TPSA) is 38.8 Å². The molecule has 2 heterocycles. The van der Waals surface area contributed by atoms with Crippen LogP contribution in [0.1, 0.15) is 18.0 Å². The number of para-hydroxylation sites is 1. The first-order chi connectivity index (χ1) is 13.2. The average Bonchev–Trinajstić information content (AvgIpc) is 3.17. The number of nitrogens with one attached hydrogen (secondary N) is 1. The van der Waals surface area contributed by atoms with E-state index in [9.17, 15) is 4.79 Å². The zero-order chi connectivity index (χ0) is 18.6. The van der Waals surface area contributed by atoms with Crippen molar-refractivity contribution in [1.82, 2.24) is 15.1 Å². The van der Waals surface area contributed by atoms with E-state index in [1.165, 1.54) is 11.3 Å². The number of rotatable bonds is 3. The second-order valence-corrected chi connectivity index (χ2v) is 7.60. The predicted molar refractivity (Wildman–Crippen MR) is 109 cm³/mol. The summed E-state index contributed by atoms with van der Waals surface area (Å²) in [5.74, 6) is 0. The SMILES string of the molecule is CN1CCN(C(=O)NC2CCN(c3ccccc3)C2)C(c2ccccc2)C1. The summed E-state index contributed by atoms with van der Waals surface area (Å²) in [5.41, 5.74) is 2.44. The molecule has 1 N–H and O–H groups in total. The van der Waals surface area contributed by atoms with E-state index >= 15 is 0 Å². The monoisotopic (exact) mass is 364 g/mol. The van der Waals surface area contributed by atoms with E-state index in [1.807, 2.05) is 17.0 Å². The minimum absolute atomic E-state index is 0.0665. The molecule has 2 saturated heterocycles. The Morgan fingerprint density at radius 2 is 1.63 bits per heavy atom. The molecular weight excluding hydrogens is 336 g/mol. The molecule has 2 aromatic rings. The molecule has 0 aliphatic carbocycles. The van der Waals surface area contributed by atoms with Crippen LogP contribution >= 0.6 is 0 Å². The number of likely N-dealkylation sites (N-methyl/N-ethyl adjacent to an activating group) is 1. The van der Waals surface area contributed by atoms with Crippen LogP contribution < -0.4 is 10.2 Å². The maximum atomic E-state index is 13.1. The third-order valence-corrected chi connectivity index (χ3v) is 5.67. The Balaban J connectivity index is 1.41. The largest absolute Gasteiger partial charge is 0.369 e. The maximum Gasteiger partial charge on any atom is 0.318 e. The van der Waals surface area contributed by atoms with Crippen LogP contribution in [0.2, 0.25) is 0 Å². The number of amides is 2. The molecule has 27 heavy (non-hydrogen) atoms. The lowest BCUT2D eigenvalue weighted by Gasteiger charge is -2.40. The van der Waals surface area contributed by atoms with Crippen molar-refractivity contribution in [2.24, 2.45) is 0 Å². The van der Waals surface area contributed by atoms with Crippen molar-refractivity contribution in [1.29, 1.82) is 0 Å². The third-order valence-electron chi connectivity index (χ3n) is 5.67. The van der Waals surface area contributed by atoms with Gasteiger partial charge in [-0.1, -0.05) is 48.5 Å². The highest BCUT2D eigenvalue weighted by molar-refractivity contribution is 5.75. The van der Waals surface area contributed by atoms with Crippen molar-refractivity contribution in [2.75, 3.05) is 44.7 Å². The Bertz CT molecular complexity index is 751. The highest BCUT2D eigenvalue weighted by atomic mass is 16.2. The molecule has 2 aliphatic rings. The number of benzene rings is 2. The van der Waals surface area contributed by atoms with Gasteiger partial charge in [0.1, 0.15) is 0 Å². The van der Waals surface area contributed by atoms with Gasteiger partial charge in [0, 0.05) is 44.5 Å². The summed E-state index contributed by atoms with van der Waals surface area (Å²) in [6.07, 6.45) is 0.990. The molecule has 142 valence electrons. The fraction of sp³-hybridized carbons (Fsp3) is 0.409. The number of carbonyl (C=O) groups is 1. The van der Waals surface area contributed by atoms with Crippen LogP contribution in [0, 0.1) is 0 Å². The quantitative estimate of drug-likeness (QED) is 0.910. The van der Waals surface area contributed by atoms with Gasteiger partial charge >= 0.3 is 6.03 Å². The van der Waals surface area contributed by atoms with Gasteiger partial charge in [-0.2, -0.15) is 0 Å². The smallest absolute Gasteiger partial charge is 0.318 e. The summed E-state index contributed by atoms with van der Waals surface area (Å²) in [5, 5.41) is 3.29. The summed E-state index contributed by atoms with van der Waals surface area (Å²) < 4.78 is 0. The maximum absolute atomic E-state index is 13.1. The first-order valence-electron chi connectivity index (χ1n) is 9.81. The Hall–Kier alpha value is -2.53. The van der Waals surface area contributed by atoms with Gasteiger partial charge in [0.25, 0.3) is 0 Å². The normalized spacial score (nSPS) is 23.4. The number of anilines is 1. The van der Waals surface area contributed by atoms with Crippen LogP contribution in [0.25, 0.3) is 0 Å². The van der Waals surface area contributed by atoms with Gasteiger partial charge in [-0.05, 0) is 31.2 Å². The molecule has 0 spiro atoms. The van der Waals surface area contributed by atoms with E-state index in [1.54, 1.807) is 0 Å². The minimum atomic E-state index is 0.0665. The molecule has 2 aliphatic heterocycles. The van der Waals surface area contributed by atoms with Crippen molar-refractivity contribution in [2.45, 2.75) is 18.5 Å². The molecule has 0 saturated carbocycles. The molecule has 0 radical (unpaired) electrons. The summed E-state index contributed by atoms with van der Waals surface area (Å²) in [6.45, 7) is 4.41. The molecule has 2 aromatic carbocycles. The molecule has 2 amide bonds. The Labute approximate surface area is 161 Å². The van der Waals surface area contributed by atoms with Gasteiger partial charge in [-0.15, -0.1) is 0 Å². The van der Waals surface area contributed by atoms with Crippen LogP contribution in [-0.2, 0) is 0 Å². The van der Waals surface area contributed by atoms with Gasteiger partial charge in [-0.3, -0.25) is 0 Å². The lowest BCUT2D eigenvalue weighted by atomic mass is 10.0. The van der Waals surface area contributed by atoms with Crippen LogP contribution in [0.4, 0.5) is 10.5 Å². The van der Waals surface area contributed by atoms with Gasteiger partial charge in [0.05, 0.1) is 6.04 Å². The molecule has 2 fully saturated rings. The van der Waals surface area contributed by atoms with Crippen molar-refractivity contribution < 1.29 is 4.79 Å². The van der Waals surface area contributed by atoms with Crippen LogP contribution in [0.15, 0.2) is 60.7 Å². The van der Waals surface area contributed by atoms with Gasteiger partial charge in [0.2, 0.25) is 0 Å². The zero-order valence-electron chi connectivity index (χ0n) is 15.9. The van der Waals surface area contributed by atoms with E-state index in [4.69, 9.17) is 0 Å². The van der Waals surface area contributed by atoms with Crippen molar-refractivity contribution in [3.8, 4) is 0 Å². The summed E-state index contributed by atoms with van der Waals surface area (Å²) in [6, 6.07) is 21.2. The Morgan fingerprint density at radius 3 is 2.37 bits per heavy atom. The van der Waals surface area contributed by atoms with Crippen LogP contribution in [0.5, 0.6) is 0 Å². The predicted octanol–water partition coefficient (Wildman–Crippen LogP) is 2.96. The lowest BCUT2D eigenvalue weighted by Crippen LogP contribution is -2.54. The fourth-order valence-electron chi connectivity index (χ4n) is 4.13. The molecule has 4 rings (SSSR count). The fourth-order valence-corrected chi connectivity index (χ4v) is 4.13. The molecule has 0 aromatic heterocycles. The zero-order valence-corrected chi connectivity index (χ0v) is 15.9. The van der Waals surface area contributed by atoms with E-state index in [0.717, 1.165) is 39.1 Å². The number of carbonyl (C=O) groups excluding carboxylic acids is 1. The van der Waals surface area contributed by atoms with E-state index in [-0.39, 0.29) is 18.1 Å². The first kappa shape index (κ1) is 17.9. The second kappa shape index (κ2) is 8.01. The van der Waals surface area contributed by atoms with Crippen molar-refractivity contribution in [3.05, 3.63) is 66.2 Å². The summed E-state index contributed by atoms with van der Waals surface area (Å²) in [7, 11) is 2.12. The molecule has 5 nitrogen and oxygen atoms in total. The molecule has 0 bridgehead atoms. The highest BCUT2D eigenvalue weighted by Crippen LogP contribution is 2.25. The highest BCUT2D eigenvalue weighted by Gasteiger charge is 2.32. The molecule has 5 heteroatoms. The first-order valence-corrected chi connectivity index (χ1v) is 9.81. The van der Waals surface area contributed by atoms with Crippen molar-refractivity contribution >= 4 is 11.7 Å². The number of hydrogen-bond donors (Lipinski definition) is 1. The van der Waals surface area contributed by atoms with Gasteiger partial charge in [0.15, 0.2) is 0 Å². The van der Waals surface area contributed by atoms with Crippen molar-refractivity contribution in [3.63, 3.8) is 0 Å². The summed E-state index contributed by atoms with van der Waals surface area (Å²) in [4.78, 5) is 19.7. The average molecular weight is 364 g/mol. The molecule has 2 atom stereocenters. The number of piperazine rings is 1. The second-order valence-electron chi connectivity index (χ2n) is 7.60. The third kappa shape index (κ3) is 4.08. The van der Waals surface area contributed by atoms with E-state index in [0.29, 0.717) is 0 Å². The lowest BCUT2D eigenvalue weighted by molar-refractivity contribution is 0.107. The van der Waals surface area contributed by atoms with Gasteiger partial charge in [-0.25, -0.2) is 4.79 Å². The van der Waals surface area contributed by atoms with Crippen LogP contribution in [-0.4, -0.2) is 61.6 Å². The summed E-state index contributed by atoms with van der Waals surface area (Å²) >= 11 is 0. The number of urea groups is 1. The van der Waals surface area contributed by atoms with E-state index in [2.05, 4.69) is 70.7 Å². The standard InChI is InChI=1S/C22H28N4O/c1-24-14-15-26(21(17-24)18-8-4-2-5-9-18)22(27)23-19-12-13-25(16-19)20-10-6-3-7-11-20/h2-11,19,21H,12-17H2,1H3,(H,23,27). The molecular formula is C22H28N4O. The Kier molecular flexibility index (Phi) is 5.30. The van der Waals surface area contributed by atoms with Gasteiger partial charge < -0.3 is 20.0 Å². The number of hydrogen-bond acceptors (Lipinski definition) is 3. The number of nitrogens with zero attached hydrogens (tertiary/aromatic N) is 3. The Morgan fingerprint density at radius 1 is 0.926 bits per heavy atom. The van der Waals surface area contributed by atoms with E-state index < -0.39 is 0 Å².